The molecule has 0 aliphatic carbocycles. The summed E-state index contributed by atoms with van der Waals surface area (Å²) in [6.07, 6.45) is 1.23. The van der Waals surface area contributed by atoms with Crippen molar-refractivity contribution >= 4 is 22.8 Å². The molecule has 0 unspecified atom stereocenters. The lowest BCUT2D eigenvalue weighted by molar-refractivity contribution is -0.116. The molecule has 0 bridgehead atoms. The number of amides is 1. The Morgan fingerprint density at radius 1 is 1.24 bits per heavy atom. The van der Waals surface area contributed by atoms with Crippen LogP contribution in [0.25, 0.3) is 22.3 Å². The number of fused-ring (bicyclic) bond motifs is 1. The van der Waals surface area contributed by atoms with Gasteiger partial charge in [0.25, 0.3) is 0 Å². The molecule has 1 amide bonds. The van der Waals surface area contributed by atoms with Gasteiger partial charge in [0.1, 0.15) is 5.75 Å². The second-order valence-corrected chi connectivity index (χ2v) is 6.14. The number of para-hydroxylation sites is 1. The van der Waals surface area contributed by atoms with Crippen molar-refractivity contribution in [2.75, 3.05) is 26.0 Å². The Bertz CT molecular complexity index is 888. The van der Waals surface area contributed by atoms with Crippen LogP contribution in [0.15, 0.2) is 36.4 Å². The standard InChI is InChI=1S/C18H21N5O2/c1-23(2)11-5-8-16(25)20-18-13-9-10-14(19-17(13)21-22-18)12-6-3-4-7-15(12)24/h3-4,6-7,9-10,24H,5,8,11H2,1-2H3,(H2,19,20,21,22,25). The smallest absolute Gasteiger partial charge is 0.225 e. The van der Waals surface area contributed by atoms with Crippen LogP contribution in [0, 0.1) is 0 Å². The number of hydrogen-bond donors (Lipinski definition) is 3. The van der Waals surface area contributed by atoms with Crippen LogP contribution >= 0.6 is 0 Å². The molecular weight excluding hydrogens is 318 g/mol. The molecule has 0 radical (unpaired) electrons. The maximum atomic E-state index is 12.0. The second-order valence-electron chi connectivity index (χ2n) is 6.14. The quantitative estimate of drug-likeness (QED) is 0.642. The number of benzene rings is 1. The molecule has 0 aliphatic rings. The van der Waals surface area contributed by atoms with Crippen LogP contribution in [0.2, 0.25) is 0 Å². The number of nitrogens with one attached hydrogen (secondary N) is 2. The van der Waals surface area contributed by atoms with Crippen molar-refractivity contribution in [1.82, 2.24) is 20.1 Å². The summed E-state index contributed by atoms with van der Waals surface area (Å²) in [7, 11) is 3.96. The maximum Gasteiger partial charge on any atom is 0.225 e. The zero-order valence-corrected chi connectivity index (χ0v) is 14.3. The van der Waals surface area contributed by atoms with Gasteiger partial charge in [-0.1, -0.05) is 12.1 Å². The fourth-order valence-corrected chi connectivity index (χ4v) is 2.59. The molecule has 0 spiro atoms. The molecule has 0 aliphatic heterocycles. The lowest BCUT2D eigenvalue weighted by Gasteiger charge is -2.08. The highest BCUT2D eigenvalue weighted by Gasteiger charge is 2.12. The van der Waals surface area contributed by atoms with Crippen LogP contribution in [-0.2, 0) is 4.79 Å². The van der Waals surface area contributed by atoms with E-state index in [1.54, 1.807) is 24.3 Å². The van der Waals surface area contributed by atoms with E-state index in [9.17, 15) is 9.90 Å². The summed E-state index contributed by atoms with van der Waals surface area (Å²) in [6.45, 7) is 0.861. The van der Waals surface area contributed by atoms with Crippen LogP contribution in [0.3, 0.4) is 0 Å². The largest absolute Gasteiger partial charge is 0.507 e. The third kappa shape index (κ3) is 3.95. The Labute approximate surface area is 145 Å². The lowest BCUT2D eigenvalue weighted by atomic mass is 10.1. The van der Waals surface area contributed by atoms with Gasteiger partial charge in [-0.25, -0.2) is 4.98 Å². The number of pyridine rings is 1. The number of aromatic hydroxyl groups is 1. The number of carbonyl (C=O) groups excluding carboxylic acids is 1. The molecule has 1 aromatic carbocycles. The van der Waals surface area contributed by atoms with Crippen molar-refractivity contribution in [2.45, 2.75) is 12.8 Å². The zero-order chi connectivity index (χ0) is 17.8. The molecule has 7 nitrogen and oxygen atoms in total. The molecule has 25 heavy (non-hydrogen) atoms. The number of aromatic nitrogens is 3. The predicted molar refractivity (Wildman–Crippen MR) is 97.4 cm³/mol. The molecule has 0 saturated heterocycles. The van der Waals surface area contributed by atoms with Crippen molar-refractivity contribution in [3.05, 3.63) is 36.4 Å². The van der Waals surface area contributed by atoms with E-state index in [-0.39, 0.29) is 11.7 Å². The molecular formula is C18H21N5O2. The SMILES string of the molecule is CN(C)CCCC(=O)Nc1n[nH]c2nc(-c3ccccc3O)ccc12. The predicted octanol–water partition coefficient (Wildman–Crippen LogP) is 2.61. The van der Waals surface area contributed by atoms with Crippen LogP contribution in [0.5, 0.6) is 5.75 Å². The minimum Gasteiger partial charge on any atom is -0.507 e. The molecule has 3 rings (SSSR count). The lowest BCUT2D eigenvalue weighted by Crippen LogP contribution is -2.17. The van der Waals surface area contributed by atoms with E-state index in [2.05, 4.69) is 20.5 Å². The van der Waals surface area contributed by atoms with Gasteiger partial charge in [-0.2, -0.15) is 5.10 Å². The normalized spacial score (nSPS) is 11.2. The van der Waals surface area contributed by atoms with Gasteiger partial charge in [0.15, 0.2) is 11.5 Å². The van der Waals surface area contributed by atoms with Crippen LogP contribution in [0.4, 0.5) is 5.82 Å². The summed E-state index contributed by atoms with van der Waals surface area (Å²) >= 11 is 0. The summed E-state index contributed by atoms with van der Waals surface area (Å²) in [5.41, 5.74) is 1.84. The van der Waals surface area contributed by atoms with Crippen LogP contribution < -0.4 is 5.32 Å². The van der Waals surface area contributed by atoms with Gasteiger partial charge in [0.2, 0.25) is 5.91 Å². The van der Waals surface area contributed by atoms with Gasteiger partial charge in [0, 0.05) is 12.0 Å². The Morgan fingerprint density at radius 3 is 2.80 bits per heavy atom. The maximum absolute atomic E-state index is 12.0. The fourth-order valence-electron chi connectivity index (χ4n) is 2.59. The average Bonchev–Trinajstić information content (AvgIpc) is 2.97. The Kier molecular flexibility index (Phi) is 4.95. The molecule has 0 fully saturated rings. The summed E-state index contributed by atoms with van der Waals surface area (Å²) in [5, 5.41) is 20.5. The molecule has 0 saturated carbocycles. The Hall–Kier alpha value is -2.93. The molecule has 2 heterocycles. The van der Waals surface area contributed by atoms with E-state index < -0.39 is 0 Å². The van der Waals surface area contributed by atoms with Crippen molar-refractivity contribution in [3.63, 3.8) is 0 Å². The molecule has 3 N–H and O–H groups in total. The Balaban J connectivity index is 1.76. The summed E-state index contributed by atoms with van der Waals surface area (Å²) in [4.78, 5) is 18.6. The molecule has 7 heteroatoms. The van der Waals surface area contributed by atoms with E-state index in [1.807, 2.05) is 31.1 Å². The third-order valence-corrected chi connectivity index (χ3v) is 3.87. The van der Waals surface area contributed by atoms with Gasteiger partial charge in [-0.3, -0.25) is 9.89 Å². The van der Waals surface area contributed by atoms with Crippen molar-refractivity contribution in [3.8, 4) is 17.0 Å². The first kappa shape index (κ1) is 16.9. The second kappa shape index (κ2) is 7.31. The molecule has 0 atom stereocenters. The molecule has 3 aromatic rings. The first-order valence-corrected chi connectivity index (χ1v) is 8.12. The summed E-state index contributed by atoms with van der Waals surface area (Å²) in [5.74, 6) is 0.574. The number of aromatic amines is 1. The third-order valence-electron chi connectivity index (χ3n) is 3.87. The number of rotatable bonds is 6. The molecule has 2 aromatic heterocycles. The van der Waals surface area contributed by atoms with Gasteiger partial charge in [-0.15, -0.1) is 0 Å². The van der Waals surface area contributed by atoms with E-state index in [4.69, 9.17) is 0 Å². The number of H-pyrrole nitrogens is 1. The van der Waals surface area contributed by atoms with Crippen molar-refractivity contribution in [1.29, 1.82) is 0 Å². The van der Waals surface area contributed by atoms with Crippen molar-refractivity contribution in [2.24, 2.45) is 0 Å². The van der Waals surface area contributed by atoms with Crippen LogP contribution in [-0.4, -0.2) is 51.7 Å². The summed E-state index contributed by atoms with van der Waals surface area (Å²) < 4.78 is 0. The number of anilines is 1. The minimum atomic E-state index is -0.0694. The van der Waals surface area contributed by atoms with Crippen molar-refractivity contribution < 1.29 is 9.90 Å². The first-order valence-electron chi connectivity index (χ1n) is 8.12. The highest BCUT2D eigenvalue weighted by molar-refractivity contribution is 5.99. The van der Waals surface area contributed by atoms with Gasteiger partial charge in [-0.05, 0) is 51.3 Å². The van der Waals surface area contributed by atoms with Crippen LogP contribution in [0.1, 0.15) is 12.8 Å². The highest BCUT2D eigenvalue weighted by Crippen LogP contribution is 2.29. The average molecular weight is 339 g/mol. The monoisotopic (exact) mass is 339 g/mol. The number of nitrogens with zero attached hydrogens (tertiary/aromatic N) is 3. The van der Waals surface area contributed by atoms with E-state index in [0.29, 0.717) is 29.1 Å². The topological polar surface area (TPSA) is 94.1 Å². The zero-order valence-electron chi connectivity index (χ0n) is 14.3. The highest BCUT2D eigenvalue weighted by atomic mass is 16.3. The fraction of sp³-hybridized carbons (Fsp3) is 0.278. The minimum absolute atomic E-state index is 0.0694. The number of carbonyl (C=O) groups is 1. The number of phenols is 1. The van der Waals surface area contributed by atoms with E-state index >= 15 is 0 Å². The number of phenolic OH excluding ortho intramolecular Hbond substituents is 1. The first-order chi connectivity index (χ1) is 12.0. The van der Waals surface area contributed by atoms with Gasteiger partial charge in [0.05, 0.1) is 11.1 Å². The van der Waals surface area contributed by atoms with Gasteiger partial charge < -0.3 is 15.3 Å². The van der Waals surface area contributed by atoms with Gasteiger partial charge >= 0.3 is 0 Å². The van der Waals surface area contributed by atoms with E-state index in [0.717, 1.165) is 18.4 Å². The van der Waals surface area contributed by atoms with E-state index in [1.165, 1.54) is 0 Å². The summed E-state index contributed by atoms with van der Waals surface area (Å²) in [6, 6.07) is 10.7. The molecule has 130 valence electrons. The number of hydrogen-bond acceptors (Lipinski definition) is 5. The Morgan fingerprint density at radius 2 is 2.04 bits per heavy atom.